The molecule has 1 aromatic rings. The van der Waals surface area contributed by atoms with Crippen molar-refractivity contribution in [2.45, 2.75) is 6.92 Å². The van der Waals surface area contributed by atoms with E-state index in [1.165, 1.54) is 18.2 Å². The number of aryl methyl sites for hydroxylation is 1. The van der Waals surface area contributed by atoms with Crippen LogP contribution in [0.4, 0.5) is 16.2 Å². The summed E-state index contributed by atoms with van der Waals surface area (Å²) in [6, 6.07) is 4.02. The Morgan fingerprint density at radius 2 is 2.21 bits per heavy atom. The number of amides is 1. The number of nitro groups is 1. The Bertz CT molecular complexity index is 389. The Kier molecular flexibility index (Phi) is 2.66. The molecule has 0 bridgehead atoms. The summed E-state index contributed by atoms with van der Waals surface area (Å²) in [5.74, 6) is 0. The van der Waals surface area contributed by atoms with E-state index in [-0.39, 0.29) is 5.69 Å². The van der Waals surface area contributed by atoms with E-state index < -0.39 is 11.0 Å². The molecule has 1 aromatic carbocycles. The van der Waals surface area contributed by atoms with E-state index in [1.54, 1.807) is 6.92 Å². The summed E-state index contributed by atoms with van der Waals surface area (Å²) >= 11 is 0. The Balaban J connectivity index is 3.00. The molecule has 0 heterocycles. The first-order valence-electron chi connectivity index (χ1n) is 3.75. The molecule has 0 aliphatic rings. The second-order valence-electron chi connectivity index (χ2n) is 2.69. The summed E-state index contributed by atoms with van der Waals surface area (Å²) < 4.78 is 0. The van der Waals surface area contributed by atoms with Crippen LogP contribution in [-0.4, -0.2) is 16.1 Å². The number of carbonyl (C=O) groups is 1. The van der Waals surface area contributed by atoms with Gasteiger partial charge < -0.3 is 5.11 Å². The average molecular weight is 196 g/mol. The second-order valence-corrected chi connectivity index (χ2v) is 2.69. The van der Waals surface area contributed by atoms with Gasteiger partial charge in [0.2, 0.25) is 0 Å². The molecule has 0 radical (unpaired) electrons. The van der Waals surface area contributed by atoms with Crippen LogP contribution < -0.4 is 5.32 Å². The zero-order chi connectivity index (χ0) is 10.7. The zero-order valence-corrected chi connectivity index (χ0v) is 7.35. The summed E-state index contributed by atoms with van der Waals surface area (Å²) in [6.07, 6.45) is -1.20. The molecule has 0 unspecified atom stereocenters. The lowest BCUT2D eigenvalue weighted by Gasteiger charge is -2.02. The molecule has 1 rings (SSSR count). The van der Waals surface area contributed by atoms with Gasteiger partial charge in [-0.2, -0.15) is 0 Å². The Hall–Kier alpha value is -2.11. The van der Waals surface area contributed by atoms with Gasteiger partial charge in [0.25, 0.3) is 5.69 Å². The number of nitrogens with zero attached hydrogens (tertiary/aromatic N) is 1. The monoisotopic (exact) mass is 196 g/mol. The molecular formula is C8H8N2O4. The molecule has 1 amide bonds. The van der Waals surface area contributed by atoms with Gasteiger partial charge in [-0.3, -0.25) is 15.4 Å². The van der Waals surface area contributed by atoms with E-state index >= 15 is 0 Å². The highest BCUT2D eigenvalue weighted by molar-refractivity contribution is 5.83. The minimum absolute atomic E-state index is 0.0269. The Morgan fingerprint density at radius 1 is 1.57 bits per heavy atom. The molecule has 2 N–H and O–H groups in total. The van der Waals surface area contributed by atoms with E-state index in [1.807, 2.05) is 0 Å². The SMILES string of the molecule is Cc1cc(NC(=O)O)ccc1[N+](=O)[O-]. The summed E-state index contributed by atoms with van der Waals surface area (Å²) in [5, 5.41) is 20.9. The van der Waals surface area contributed by atoms with Crippen molar-refractivity contribution >= 4 is 17.5 Å². The summed E-state index contributed by atoms with van der Waals surface area (Å²) in [6.45, 7) is 1.55. The standard InChI is InChI=1S/C8H8N2O4/c1-5-4-6(9-8(11)12)2-3-7(5)10(13)14/h2-4,9H,1H3,(H,11,12). The lowest BCUT2D eigenvalue weighted by molar-refractivity contribution is -0.385. The first kappa shape index (κ1) is 9.97. The third-order valence-electron chi connectivity index (χ3n) is 1.64. The van der Waals surface area contributed by atoms with Crippen molar-refractivity contribution in [2.75, 3.05) is 5.32 Å². The first-order chi connectivity index (χ1) is 6.50. The van der Waals surface area contributed by atoms with Crippen LogP contribution in [-0.2, 0) is 0 Å². The topological polar surface area (TPSA) is 92.5 Å². The summed E-state index contributed by atoms with van der Waals surface area (Å²) in [4.78, 5) is 20.2. The number of anilines is 1. The van der Waals surface area contributed by atoms with E-state index in [0.29, 0.717) is 11.3 Å². The fourth-order valence-electron chi connectivity index (χ4n) is 1.06. The van der Waals surface area contributed by atoms with Crippen LogP contribution in [0.1, 0.15) is 5.56 Å². The van der Waals surface area contributed by atoms with E-state index in [9.17, 15) is 14.9 Å². The van der Waals surface area contributed by atoms with E-state index in [0.717, 1.165) is 0 Å². The van der Waals surface area contributed by atoms with Gasteiger partial charge in [0.05, 0.1) is 4.92 Å². The summed E-state index contributed by atoms with van der Waals surface area (Å²) in [5.41, 5.74) is 0.711. The highest BCUT2D eigenvalue weighted by Crippen LogP contribution is 2.21. The molecule has 0 spiro atoms. The highest BCUT2D eigenvalue weighted by Gasteiger charge is 2.10. The largest absolute Gasteiger partial charge is 0.465 e. The maximum atomic E-state index is 10.4. The highest BCUT2D eigenvalue weighted by atomic mass is 16.6. The van der Waals surface area contributed by atoms with Crippen molar-refractivity contribution in [3.05, 3.63) is 33.9 Å². The Labute approximate surface area is 79.3 Å². The fraction of sp³-hybridized carbons (Fsp3) is 0.125. The van der Waals surface area contributed by atoms with Gasteiger partial charge in [0.1, 0.15) is 0 Å². The predicted molar refractivity (Wildman–Crippen MR) is 49.5 cm³/mol. The molecule has 6 nitrogen and oxygen atoms in total. The number of hydrogen-bond donors (Lipinski definition) is 2. The van der Waals surface area contributed by atoms with Crippen molar-refractivity contribution < 1.29 is 14.8 Å². The van der Waals surface area contributed by atoms with Gasteiger partial charge in [0.15, 0.2) is 0 Å². The fourth-order valence-corrected chi connectivity index (χ4v) is 1.06. The molecule has 0 aliphatic heterocycles. The van der Waals surface area contributed by atoms with Crippen molar-refractivity contribution in [3.63, 3.8) is 0 Å². The number of carboxylic acid groups (broad SMARTS) is 1. The van der Waals surface area contributed by atoms with Crippen molar-refractivity contribution in [2.24, 2.45) is 0 Å². The molecule has 0 aliphatic carbocycles. The number of rotatable bonds is 2. The van der Waals surface area contributed by atoms with E-state index in [4.69, 9.17) is 5.11 Å². The smallest absolute Gasteiger partial charge is 0.409 e. The quantitative estimate of drug-likeness (QED) is 0.558. The summed E-state index contributed by atoms with van der Waals surface area (Å²) in [7, 11) is 0. The van der Waals surface area contributed by atoms with Crippen LogP contribution in [0.3, 0.4) is 0 Å². The average Bonchev–Trinajstić information content (AvgIpc) is 2.01. The van der Waals surface area contributed by atoms with Crippen LogP contribution >= 0.6 is 0 Å². The third kappa shape index (κ3) is 2.19. The molecule has 6 heteroatoms. The number of nitro benzene ring substituents is 1. The maximum absolute atomic E-state index is 10.4. The molecule has 74 valence electrons. The molecular weight excluding hydrogens is 188 g/mol. The number of nitrogens with one attached hydrogen (secondary N) is 1. The minimum atomic E-state index is -1.20. The maximum Gasteiger partial charge on any atom is 0.409 e. The minimum Gasteiger partial charge on any atom is -0.465 e. The van der Waals surface area contributed by atoms with Gasteiger partial charge in [-0.05, 0) is 19.1 Å². The molecule has 0 atom stereocenters. The van der Waals surface area contributed by atoms with Crippen LogP contribution in [0.5, 0.6) is 0 Å². The van der Waals surface area contributed by atoms with Gasteiger partial charge in [-0.1, -0.05) is 0 Å². The predicted octanol–water partition coefficient (Wildman–Crippen LogP) is 1.99. The van der Waals surface area contributed by atoms with Gasteiger partial charge in [0, 0.05) is 17.3 Å². The third-order valence-corrected chi connectivity index (χ3v) is 1.64. The van der Waals surface area contributed by atoms with Gasteiger partial charge in [-0.25, -0.2) is 4.79 Å². The van der Waals surface area contributed by atoms with Crippen LogP contribution in [0.2, 0.25) is 0 Å². The van der Waals surface area contributed by atoms with Crippen LogP contribution in [0.25, 0.3) is 0 Å². The van der Waals surface area contributed by atoms with Crippen molar-refractivity contribution in [1.29, 1.82) is 0 Å². The molecule has 0 saturated heterocycles. The molecule has 0 fully saturated rings. The first-order valence-corrected chi connectivity index (χ1v) is 3.75. The van der Waals surface area contributed by atoms with E-state index in [2.05, 4.69) is 5.32 Å². The number of hydrogen-bond acceptors (Lipinski definition) is 3. The Morgan fingerprint density at radius 3 is 2.64 bits per heavy atom. The second kappa shape index (κ2) is 3.73. The van der Waals surface area contributed by atoms with Crippen molar-refractivity contribution in [1.82, 2.24) is 0 Å². The zero-order valence-electron chi connectivity index (χ0n) is 7.35. The lowest BCUT2D eigenvalue weighted by atomic mass is 10.2. The van der Waals surface area contributed by atoms with Crippen molar-refractivity contribution in [3.8, 4) is 0 Å². The molecule has 0 saturated carbocycles. The van der Waals surface area contributed by atoms with Gasteiger partial charge >= 0.3 is 6.09 Å². The normalized spacial score (nSPS) is 9.50. The van der Waals surface area contributed by atoms with Crippen LogP contribution in [0, 0.1) is 17.0 Å². The molecule has 0 aromatic heterocycles. The number of benzene rings is 1. The van der Waals surface area contributed by atoms with Gasteiger partial charge in [-0.15, -0.1) is 0 Å². The molecule has 14 heavy (non-hydrogen) atoms. The lowest BCUT2D eigenvalue weighted by Crippen LogP contribution is -2.07. The van der Waals surface area contributed by atoms with Crippen LogP contribution in [0.15, 0.2) is 18.2 Å².